The lowest BCUT2D eigenvalue weighted by molar-refractivity contribution is -0.390. The Labute approximate surface area is 680 Å². The number of anilines is 1. The number of carbonyl (C=O) groups excluding carboxylic acids is 3. The van der Waals surface area contributed by atoms with Crippen LogP contribution >= 0.6 is 0 Å². The summed E-state index contributed by atoms with van der Waals surface area (Å²) < 4.78 is 92.0. The van der Waals surface area contributed by atoms with Gasteiger partial charge in [-0.3, -0.25) is 9.59 Å². The number of aliphatic hydroxyl groups is 19. The molecule has 39 heteroatoms. The zero-order valence-electron chi connectivity index (χ0n) is 67.5. The SMILES string of the molecule is CC(=O)N[C@H]1[C@H](O[C@H]2CC[C@]3(C)[C@H]4CC=C5[C@@H]6CC(C)(C)[C@@H](OC(=O)c7ccccc7N)C[C@]6(C(=O)O[C@@H]6O[C@H](CO)[C@H](O)[C@H](O)[C@H]6O[C@@H]6O[C@@H](C)[C@H](O[C@@H]7O[C@@H](CO)[C@H](O)[C@H]7O)[C@H](O[C@@H]7O[C@H](CO)[C@H](O)[C@H](O)[C@H]7O)[C@H]6O)[C@H](O)C[C@@]5(C)[C@]4(C)CC[C@H]3C2(C)C)O[C@H](CO[C@@H]2O[C@H](C)[C@H](O)[C@H](O)[C@H]2O[C@@H]2OC[C@@H](O)[C@H](O)[C@H]2O)[C@@H](O)[C@@H]1O. The molecule has 7 aliphatic heterocycles. The molecule has 11 fully saturated rings. The van der Waals surface area contributed by atoms with Crippen LogP contribution in [0.1, 0.15) is 131 Å². The zero-order chi connectivity index (χ0) is 86.0. The molecule has 1 aromatic carbocycles. The number of allylic oxidation sites excluding steroid dienone is 2. The maximum Gasteiger partial charge on any atom is 0.340 e. The molecule has 13 rings (SSSR count). The van der Waals surface area contributed by atoms with E-state index in [9.17, 15) is 107 Å². The van der Waals surface area contributed by atoms with Crippen molar-refractivity contribution in [3.63, 3.8) is 0 Å². The largest absolute Gasteiger partial charge is 0.458 e. The Morgan fingerprint density at radius 3 is 1.69 bits per heavy atom. The summed E-state index contributed by atoms with van der Waals surface area (Å²) in [5.41, 5.74) is 1.38. The molecule has 22 N–H and O–H groups in total. The van der Waals surface area contributed by atoms with Gasteiger partial charge < -0.3 is 179 Å². The van der Waals surface area contributed by atoms with E-state index in [2.05, 4.69) is 46.0 Å². The molecule has 118 heavy (non-hydrogen) atoms. The number of fused-ring (bicyclic) bond motifs is 7. The summed E-state index contributed by atoms with van der Waals surface area (Å²) in [6.07, 6.45) is -55.3. The number of carbonyl (C=O) groups is 3. The van der Waals surface area contributed by atoms with Crippen LogP contribution < -0.4 is 11.1 Å². The average molecular weight is 1690 g/mol. The van der Waals surface area contributed by atoms with Gasteiger partial charge in [-0.05, 0) is 110 Å². The number of nitrogens with two attached hydrogens (primary N) is 1. The fourth-order valence-corrected chi connectivity index (χ4v) is 21.8. The normalized spacial score (nSPS) is 50.6. The first-order valence-corrected chi connectivity index (χ1v) is 40.8. The van der Waals surface area contributed by atoms with Crippen LogP contribution in [0.15, 0.2) is 35.9 Å². The number of ether oxygens (including phenoxy) is 15. The molecule has 0 radical (unpaired) electrons. The number of benzene rings is 1. The Bertz CT molecular complexity index is 3680. The molecule has 5 aliphatic carbocycles. The van der Waals surface area contributed by atoms with Gasteiger partial charge in [-0.2, -0.15) is 0 Å². The first-order valence-electron chi connectivity index (χ1n) is 40.8. The lowest BCUT2D eigenvalue weighted by atomic mass is 9.33. The van der Waals surface area contributed by atoms with Gasteiger partial charge in [-0.15, -0.1) is 0 Å². The Hall–Kier alpha value is -4.11. The van der Waals surface area contributed by atoms with Crippen molar-refractivity contribution in [1.82, 2.24) is 5.32 Å². The first kappa shape index (κ1) is 91.6. The lowest BCUT2D eigenvalue weighted by Gasteiger charge is -2.72. The van der Waals surface area contributed by atoms with Gasteiger partial charge in [0.05, 0.1) is 63.0 Å². The minimum atomic E-state index is -2.22. The van der Waals surface area contributed by atoms with Crippen molar-refractivity contribution in [1.29, 1.82) is 0 Å². The topological polar surface area (TPSA) is 612 Å². The van der Waals surface area contributed by atoms with Gasteiger partial charge in [0.15, 0.2) is 43.8 Å². The molecule has 1 aromatic rings. The Morgan fingerprint density at radius 2 is 1.05 bits per heavy atom. The number of aliphatic hydroxyl groups excluding tert-OH is 19. The summed E-state index contributed by atoms with van der Waals surface area (Å²) in [5.74, 6) is -3.76. The second-order valence-electron chi connectivity index (χ2n) is 36.6. The second kappa shape index (κ2) is 35.0. The first-order chi connectivity index (χ1) is 55.4. The Balaban J connectivity index is 0.783. The lowest BCUT2D eigenvalue weighted by Crippen LogP contribution is -2.70. The fourth-order valence-electron chi connectivity index (χ4n) is 21.8. The monoisotopic (exact) mass is 1690 g/mol. The van der Waals surface area contributed by atoms with E-state index >= 15 is 4.79 Å². The number of nitrogens with one attached hydrogen (secondary N) is 1. The summed E-state index contributed by atoms with van der Waals surface area (Å²) in [6.45, 7) is 14.8. The van der Waals surface area contributed by atoms with Crippen LogP contribution in [0.5, 0.6) is 0 Å². The zero-order valence-corrected chi connectivity index (χ0v) is 67.5. The summed E-state index contributed by atoms with van der Waals surface area (Å²) in [4.78, 5) is 43.9. The van der Waals surface area contributed by atoms with Gasteiger partial charge in [-0.25, -0.2) is 4.79 Å². The van der Waals surface area contributed by atoms with Gasteiger partial charge in [0.1, 0.15) is 152 Å². The van der Waals surface area contributed by atoms with E-state index in [4.69, 9.17) is 76.8 Å². The van der Waals surface area contributed by atoms with Crippen molar-refractivity contribution >= 4 is 23.5 Å². The van der Waals surface area contributed by atoms with Gasteiger partial charge in [0.2, 0.25) is 12.2 Å². The number of amides is 1. The number of esters is 2. The van der Waals surface area contributed by atoms with Crippen molar-refractivity contribution in [2.24, 2.45) is 50.2 Å². The molecule has 670 valence electrons. The van der Waals surface area contributed by atoms with Crippen LogP contribution in [0.3, 0.4) is 0 Å². The van der Waals surface area contributed by atoms with E-state index in [0.717, 1.165) is 5.57 Å². The molecule has 4 saturated carbocycles. The third-order valence-corrected chi connectivity index (χ3v) is 28.9. The highest BCUT2D eigenvalue weighted by atomic mass is 16.8. The van der Waals surface area contributed by atoms with Crippen LogP contribution in [0.2, 0.25) is 0 Å². The van der Waals surface area contributed by atoms with E-state index in [1.807, 2.05) is 13.8 Å². The highest BCUT2D eigenvalue weighted by Gasteiger charge is 2.74. The molecule has 7 heterocycles. The fraction of sp³-hybridized carbons (Fsp3) is 0.861. The van der Waals surface area contributed by atoms with Crippen LogP contribution in [-0.4, -0.2) is 369 Å². The van der Waals surface area contributed by atoms with Crippen molar-refractivity contribution in [2.75, 3.05) is 38.8 Å². The van der Waals surface area contributed by atoms with Crippen LogP contribution in [0.25, 0.3) is 0 Å². The predicted octanol–water partition coefficient (Wildman–Crippen LogP) is -5.70. The molecule has 7 saturated heterocycles. The van der Waals surface area contributed by atoms with Crippen molar-refractivity contribution in [3.8, 4) is 0 Å². The molecule has 12 aliphatic rings. The van der Waals surface area contributed by atoms with Gasteiger partial charge in [-0.1, -0.05) is 72.2 Å². The maximum absolute atomic E-state index is 16.5. The van der Waals surface area contributed by atoms with Crippen LogP contribution in [0, 0.1) is 50.2 Å². The van der Waals surface area contributed by atoms with Crippen molar-refractivity contribution in [2.45, 2.75) is 342 Å². The number of para-hydroxylation sites is 1. The molecule has 0 bridgehead atoms. The molecule has 0 spiro atoms. The molecule has 43 atom stereocenters. The van der Waals surface area contributed by atoms with Gasteiger partial charge >= 0.3 is 11.9 Å². The minimum absolute atomic E-state index is 0.0201. The summed E-state index contributed by atoms with van der Waals surface area (Å²) in [7, 11) is 0. The van der Waals surface area contributed by atoms with Crippen LogP contribution in [-0.2, 0) is 80.6 Å². The molecular formula is C79H122N2O37. The third kappa shape index (κ3) is 16.1. The van der Waals surface area contributed by atoms with Gasteiger partial charge in [0.25, 0.3) is 0 Å². The van der Waals surface area contributed by atoms with E-state index in [1.165, 1.54) is 32.9 Å². The number of rotatable bonds is 21. The minimum Gasteiger partial charge on any atom is -0.458 e. The Kier molecular flexibility index (Phi) is 27.2. The predicted molar refractivity (Wildman–Crippen MR) is 394 cm³/mol. The summed E-state index contributed by atoms with van der Waals surface area (Å²) in [6, 6.07) is 4.89. The average Bonchev–Trinajstić information content (AvgIpc) is 0.845. The van der Waals surface area contributed by atoms with Crippen molar-refractivity contribution in [3.05, 3.63) is 41.5 Å². The van der Waals surface area contributed by atoms with Crippen LogP contribution in [0.4, 0.5) is 5.69 Å². The number of nitrogen functional groups attached to an aromatic ring is 1. The smallest absolute Gasteiger partial charge is 0.340 e. The third-order valence-electron chi connectivity index (χ3n) is 28.9. The van der Waals surface area contributed by atoms with E-state index in [1.54, 1.807) is 12.1 Å². The molecule has 0 aromatic heterocycles. The highest BCUT2D eigenvalue weighted by Crippen LogP contribution is 2.76. The summed E-state index contributed by atoms with van der Waals surface area (Å²) in [5, 5.41) is 215. The van der Waals surface area contributed by atoms with E-state index in [-0.39, 0.29) is 35.9 Å². The second-order valence-corrected chi connectivity index (χ2v) is 36.6. The maximum atomic E-state index is 16.5. The van der Waals surface area contributed by atoms with E-state index < -0.39 is 317 Å². The quantitative estimate of drug-likeness (QED) is 0.0236. The van der Waals surface area contributed by atoms with Crippen molar-refractivity contribution < 1.29 is 182 Å². The Morgan fingerprint density at radius 1 is 0.508 bits per heavy atom. The number of hydrogen-bond acceptors (Lipinski definition) is 38. The van der Waals surface area contributed by atoms with Gasteiger partial charge in [0, 0.05) is 24.4 Å². The highest BCUT2D eigenvalue weighted by molar-refractivity contribution is 5.95. The molecule has 0 unspecified atom stereocenters. The standard InChI is InChI=1S/C79H122N2O37/c1-29-47(88)55(96)63(116-67-57(98)48(89)36(86)27-104-67)71(106-29)105-28-40-52(93)53(94)46(81-31(3)85)66(111-40)113-44-18-19-76(8)41(75(44,6)7)17-20-77(9)42(76)16-15-33-34-21-74(4,5)45(112-65(102)32-13-11-12-14-35(32)80)23-79(34,43(87)22-78(33,77)10)73(103)118-72-64(56(97)50(91)38(25-83)110-72)117-70-60(101)62(115-69-59(100)54(95)49(90)37(24-82)108-69)61(30(2)107-70)114-68-58(99)51(92)39(26-84)109-68/h11-15,29-30,34,36-64,66-72,82-84,86-101H,16-28,80H2,1-10H3,(H,81,85)/t29-,30+,34+,36-,37-,38-,39+,40-,41+,42-,43-,44+,45+,46-,47+,48+,49+,50+,51+,52-,53-,54+,55+,56+,57-,58-,59-,60-,61+,62-,63-,64-,66+,67+,68+,69+,70+,71-,72+,76+,77-,78-,79-/m1/s1. The molecule has 1 amide bonds. The summed E-state index contributed by atoms with van der Waals surface area (Å²) >= 11 is 0. The number of hydrogen-bond donors (Lipinski definition) is 21. The molecular weight excluding hydrogens is 1570 g/mol. The molecule has 39 nitrogen and oxygen atoms in total. The van der Waals surface area contributed by atoms with E-state index in [0.29, 0.717) is 32.1 Å².